The van der Waals surface area contributed by atoms with E-state index in [1.165, 1.54) is 16.9 Å². The summed E-state index contributed by atoms with van der Waals surface area (Å²) in [5.41, 5.74) is 4.24. The number of aliphatic imine (C=N–C) groups is 1. The van der Waals surface area contributed by atoms with Gasteiger partial charge in [-0.15, -0.1) is 11.3 Å². The van der Waals surface area contributed by atoms with Crippen LogP contribution in [-0.4, -0.2) is 16.3 Å². The Morgan fingerprint density at radius 1 is 1.44 bits per heavy atom. The van der Waals surface area contributed by atoms with Crippen molar-refractivity contribution in [3.05, 3.63) is 38.2 Å². The summed E-state index contributed by atoms with van der Waals surface area (Å²) in [5.74, 6) is 0.118. The van der Waals surface area contributed by atoms with Gasteiger partial charge < -0.3 is 10.1 Å². The van der Waals surface area contributed by atoms with Crippen LogP contribution in [0.2, 0.25) is 0 Å². The Balaban J connectivity index is 2.11. The zero-order chi connectivity index (χ0) is 12.7. The highest BCUT2D eigenvalue weighted by molar-refractivity contribution is 7.73. The molecule has 2 aromatic rings. The normalized spacial score (nSPS) is 15.3. The number of allylic oxidation sites excluding steroid dienone is 1. The number of aromatic amines is 1. The van der Waals surface area contributed by atoms with Gasteiger partial charge in [-0.05, 0) is 37.4 Å². The van der Waals surface area contributed by atoms with E-state index in [0.717, 1.165) is 21.7 Å². The molecule has 0 atom stereocenters. The molecule has 0 radical (unpaired) electrons. The molecule has 0 fully saturated rings. The highest BCUT2D eigenvalue weighted by atomic mass is 32.1. The molecule has 1 aliphatic heterocycles. The number of fused-ring (bicyclic) bond motifs is 1. The fourth-order valence-corrected chi connectivity index (χ4v) is 2.94. The van der Waals surface area contributed by atoms with Crippen LogP contribution in [0, 0.1) is 10.9 Å². The number of hydrogen-bond donors (Lipinski definition) is 2. The molecule has 1 aliphatic rings. The summed E-state index contributed by atoms with van der Waals surface area (Å²) in [6.07, 6.45) is 3.72. The third kappa shape index (κ3) is 1.91. The molecule has 0 saturated carbocycles. The van der Waals surface area contributed by atoms with Crippen molar-refractivity contribution < 1.29 is 5.11 Å². The number of H-pyrrole nitrogens is 1. The first-order valence-electron chi connectivity index (χ1n) is 5.42. The first-order valence-corrected chi connectivity index (χ1v) is 6.65. The van der Waals surface area contributed by atoms with Gasteiger partial charge in [0.15, 0.2) is 3.95 Å². The summed E-state index contributed by atoms with van der Waals surface area (Å²) in [6, 6.07) is 6.13. The largest absolute Gasteiger partial charge is 0.494 e. The van der Waals surface area contributed by atoms with E-state index in [4.69, 9.17) is 12.2 Å². The highest BCUT2D eigenvalue weighted by Crippen LogP contribution is 2.35. The number of thiazole rings is 1. The molecule has 0 spiro atoms. The monoisotopic (exact) mass is 274 g/mol. The molecule has 2 N–H and O–H groups in total. The molecule has 1 aromatic heterocycles. The lowest BCUT2D eigenvalue weighted by Crippen LogP contribution is -1.81. The molecule has 1 aromatic carbocycles. The first-order chi connectivity index (χ1) is 8.63. The summed E-state index contributed by atoms with van der Waals surface area (Å²) in [5, 5.41) is 9.69. The van der Waals surface area contributed by atoms with Crippen molar-refractivity contribution in [2.45, 2.75) is 6.92 Å². The lowest BCUT2D eigenvalue weighted by atomic mass is 10.0. The van der Waals surface area contributed by atoms with E-state index in [1.54, 1.807) is 0 Å². The summed E-state index contributed by atoms with van der Waals surface area (Å²) in [6.45, 7) is 2.05. The van der Waals surface area contributed by atoms with Gasteiger partial charge in [0, 0.05) is 17.4 Å². The second-order valence-electron chi connectivity index (χ2n) is 4.11. The summed E-state index contributed by atoms with van der Waals surface area (Å²) in [7, 11) is 0. The Hall–Kier alpha value is -1.72. The Kier molecular flexibility index (Phi) is 2.65. The maximum absolute atomic E-state index is 9.69. The lowest BCUT2D eigenvalue weighted by Gasteiger charge is -2.00. The van der Waals surface area contributed by atoms with Crippen molar-refractivity contribution in [2.75, 3.05) is 0 Å². The molecule has 0 saturated heterocycles. The van der Waals surface area contributed by atoms with E-state index >= 15 is 0 Å². The second kappa shape index (κ2) is 4.19. The van der Waals surface area contributed by atoms with E-state index in [9.17, 15) is 5.11 Å². The number of aryl methyl sites for hydroxylation is 1. The maximum atomic E-state index is 9.69. The molecule has 0 aliphatic carbocycles. The van der Waals surface area contributed by atoms with Crippen molar-refractivity contribution in [2.24, 2.45) is 4.99 Å². The van der Waals surface area contributed by atoms with Crippen LogP contribution in [0.25, 0.3) is 11.6 Å². The standard InChI is InChI=1S/C13H10N2OS2/c1-7-2-3-10-9(4-7)8(6-14-10)5-11-12(16)15-13(17)18-11/h2-6,16H,1H3,(H,15,17). The third-order valence-electron chi connectivity index (χ3n) is 2.75. The minimum atomic E-state index is 0.118. The van der Waals surface area contributed by atoms with Crippen molar-refractivity contribution in [1.82, 2.24) is 4.98 Å². The molecular formula is C13H10N2OS2. The third-order valence-corrected chi connectivity index (χ3v) is 3.92. The second-order valence-corrected chi connectivity index (χ2v) is 5.82. The Bertz CT molecular complexity index is 738. The average molecular weight is 274 g/mol. The molecule has 3 nitrogen and oxygen atoms in total. The SMILES string of the molecule is Cc1ccc2c(c1)C(=Cc1sc(=S)[nH]c1O)C=N2. The van der Waals surface area contributed by atoms with Crippen LogP contribution in [-0.2, 0) is 0 Å². The lowest BCUT2D eigenvalue weighted by molar-refractivity contribution is 0.456. The van der Waals surface area contributed by atoms with Gasteiger partial charge in [0.2, 0.25) is 5.88 Å². The van der Waals surface area contributed by atoms with Gasteiger partial charge in [0.1, 0.15) is 0 Å². The average Bonchev–Trinajstić information content (AvgIpc) is 2.84. The number of aromatic nitrogens is 1. The zero-order valence-corrected chi connectivity index (χ0v) is 11.2. The Labute approximate surface area is 113 Å². The van der Waals surface area contributed by atoms with E-state index in [0.29, 0.717) is 3.95 Å². The summed E-state index contributed by atoms with van der Waals surface area (Å²) in [4.78, 5) is 7.80. The molecule has 3 rings (SSSR count). The highest BCUT2D eigenvalue weighted by Gasteiger charge is 2.13. The number of rotatable bonds is 1. The fourth-order valence-electron chi connectivity index (χ4n) is 1.89. The van der Waals surface area contributed by atoms with Gasteiger partial charge >= 0.3 is 0 Å². The first kappa shape index (κ1) is 11.4. The van der Waals surface area contributed by atoms with Crippen LogP contribution in [0.3, 0.4) is 0 Å². The molecule has 2 heterocycles. The van der Waals surface area contributed by atoms with Crippen molar-refractivity contribution in [3.63, 3.8) is 0 Å². The predicted molar refractivity (Wildman–Crippen MR) is 78.4 cm³/mol. The number of nitrogens with zero attached hydrogens (tertiary/aromatic N) is 1. The minimum absolute atomic E-state index is 0.118. The van der Waals surface area contributed by atoms with E-state index in [1.807, 2.05) is 31.3 Å². The molecule has 0 bridgehead atoms. The molecule has 0 unspecified atom stereocenters. The smallest absolute Gasteiger partial charge is 0.207 e. The van der Waals surface area contributed by atoms with Gasteiger partial charge in [-0.1, -0.05) is 11.6 Å². The van der Waals surface area contributed by atoms with Crippen LogP contribution in [0.4, 0.5) is 5.69 Å². The number of benzene rings is 1. The van der Waals surface area contributed by atoms with Crippen molar-refractivity contribution in [1.29, 1.82) is 0 Å². The predicted octanol–water partition coefficient (Wildman–Crippen LogP) is 4.08. The van der Waals surface area contributed by atoms with E-state index in [2.05, 4.69) is 16.0 Å². The fraction of sp³-hybridized carbons (Fsp3) is 0.0769. The van der Waals surface area contributed by atoms with Crippen molar-refractivity contribution >= 4 is 47.1 Å². The van der Waals surface area contributed by atoms with E-state index in [-0.39, 0.29) is 5.88 Å². The molecule has 90 valence electrons. The topological polar surface area (TPSA) is 48.4 Å². The molecule has 18 heavy (non-hydrogen) atoms. The van der Waals surface area contributed by atoms with Crippen LogP contribution in [0.5, 0.6) is 5.88 Å². The molecule has 0 amide bonds. The number of nitrogens with one attached hydrogen (secondary N) is 1. The summed E-state index contributed by atoms with van der Waals surface area (Å²) < 4.78 is 0.568. The van der Waals surface area contributed by atoms with E-state index < -0.39 is 0 Å². The van der Waals surface area contributed by atoms with Gasteiger partial charge in [-0.2, -0.15) is 0 Å². The Morgan fingerprint density at radius 2 is 2.28 bits per heavy atom. The number of aromatic hydroxyl groups is 1. The quantitative estimate of drug-likeness (QED) is 0.770. The van der Waals surface area contributed by atoms with Crippen LogP contribution >= 0.6 is 23.6 Å². The van der Waals surface area contributed by atoms with Crippen LogP contribution in [0.15, 0.2) is 23.2 Å². The van der Waals surface area contributed by atoms with Crippen LogP contribution in [0.1, 0.15) is 16.0 Å². The zero-order valence-electron chi connectivity index (χ0n) is 9.60. The molecule has 5 heteroatoms. The minimum Gasteiger partial charge on any atom is -0.494 e. The summed E-state index contributed by atoms with van der Waals surface area (Å²) >= 11 is 6.35. The molecular weight excluding hydrogens is 264 g/mol. The van der Waals surface area contributed by atoms with Gasteiger partial charge in [0.25, 0.3) is 0 Å². The number of hydrogen-bond acceptors (Lipinski definition) is 4. The maximum Gasteiger partial charge on any atom is 0.207 e. The Morgan fingerprint density at radius 3 is 3.00 bits per heavy atom. The van der Waals surface area contributed by atoms with Crippen molar-refractivity contribution in [3.8, 4) is 5.88 Å². The van der Waals surface area contributed by atoms with Crippen LogP contribution < -0.4 is 0 Å². The van der Waals surface area contributed by atoms with Gasteiger partial charge in [-0.3, -0.25) is 4.99 Å². The van der Waals surface area contributed by atoms with Gasteiger partial charge in [0.05, 0.1) is 10.6 Å². The van der Waals surface area contributed by atoms with Gasteiger partial charge in [-0.25, -0.2) is 0 Å².